The molecule has 5 nitrogen and oxygen atoms in total. The van der Waals surface area contributed by atoms with E-state index in [1.165, 1.54) is 29.1 Å². The van der Waals surface area contributed by atoms with E-state index in [0.717, 1.165) is 6.08 Å². The third-order valence-electron chi connectivity index (χ3n) is 4.39. The van der Waals surface area contributed by atoms with Gasteiger partial charge in [0.1, 0.15) is 17.3 Å². The molecule has 0 saturated carbocycles. The van der Waals surface area contributed by atoms with Crippen molar-refractivity contribution in [1.29, 1.82) is 5.26 Å². The van der Waals surface area contributed by atoms with E-state index in [2.05, 4.69) is 20.9 Å². The fourth-order valence-corrected chi connectivity index (χ4v) is 3.57. The number of aliphatic carboxylic acids is 1. The van der Waals surface area contributed by atoms with Crippen LogP contribution in [0.3, 0.4) is 0 Å². The summed E-state index contributed by atoms with van der Waals surface area (Å²) < 4.78 is 80.7. The zero-order valence-corrected chi connectivity index (χ0v) is 17.2. The number of nitriles is 1. The Hall–Kier alpha value is -3.33. The molecule has 0 aliphatic carbocycles. The number of pyridine rings is 1. The highest BCUT2D eigenvalue weighted by Crippen LogP contribution is 2.37. The molecular formula is C20H10BrF6N3O2. The third kappa shape index (κ3) is 4.77. The fraction of sp³-hybridized carbons (Fsp3) is 0.150. The zero-order valence-electron chi connectivity index (χ0n) is 15.6. The maximum Gasteiger partial charge on any atom is 0.416 e. The normalized spacial score (nSPS) is 12.8. The molecule has 0 fully saturated rings. The lowest BCUT2D eigenvalue weighted by molar-refractivity contribution is -0.143. The molecule has 3 rings (SSSR count). The molecule has 1 aromatic carbocycles. The Morgan fingerprint density at radius 1 is 1.16 bits per heavy atom. The Kier molecular flexibility index (Phi) is 6.06. The minimum absolute atomic E-state index is 0.0341. The Morgan fingerprint density at radius 3 is 2.25 bits per heavy atom. The SMILES string of the molecule is N#CC(=Cc1cn(Cc2cc(C(F)(F)F)cc(C(F)(F)F)c2)c2nccc(Br)c12)C(=O)O. The lowest BCUT2D eigenvalue weighted by Gasteiger charge is -2.15. The molecule has 32 heavy (non-hydrogen) atoms. The molecule has 1 N–H and O–H groups in total. The summed E-state index contributed by atoms with van der Waals surface area (Å²) in [6.07, 6.45) is -6.29. The summed E-state index contributed by atoms with van der Waals surface area (Å²) in [6, 6.07) is 4.27. The molecule has 0 spiro atoms. The van der Waals surface area contributed by atoms with Crippen LogP contribution in [0, 0.1) is 11.3 Å². The molecular weight excluding hydrogens is 508 g/mol. The van der Waals surface area contributed by atoms with E-state index < -0.39 is 41.6 Å². The average molecular weight is 518 g/mol. The van der Waals surface area contributed by atoms with Gasteiger partial charge in [0.2, 0.25) is 0 Å². The summed E-state index contributed by atoms with van der Waals surface area (Å²) >= 11 is 3.26. The molecule has 0 aliphatic heterocycles. The van der Waals surface area contributed by atoms with E-state index in [9.17, 15) is 31.1 Å². The molecule has 12 heteroatoms. The first-order valence-electron chi connectivity index (χ1n) is 8.58. The number of carboxylic acids is 1. The predicted molar refractivity (Wildman–Crippen MR) is 104 cm³/mol. The number of rotatable bonds is 4. The Morgan fingerprint density at radius 2 is 1.75 bits per heavy atom. The predicted octanol–water partition coefficient (Wildman–Crippen LogP) is 5.88. The van der Waals surface area contributed by atoms with Crippen molar-refractivity contribution in [1.82, 2.24) is 9.55 Å². The van der Waals surface area contributed by atoms with Gasteiger partial charge < -0.3 is 9.67 Å². The molecule has 0 amide bonds. The van der Waals surface area contributed by atoms with Crippen LogP contribution in [0.1, 0.15) is 22.3 Å². The molecule has 0 bridgehead atoms. The number of benzene rings is 1. The molecule has 0 aliphatic rings. The van der Waals surface area contributed by atoms with Gasteiger partial charge in [0.25, 0.3) is 0 Å². The van der Waals surface area contributed by atoms with Gasteiger partial charge in [-0.25, -0.2) is 9.78 Å². The van der Waals surface area contributed by atoms with Crippen LogP contribution in [0.2, 0.25) is 0 Å². The number of carboxylic acid groups (broad SMARTS) is 1. The number of fused-ring (bicyclic) bond motifs is 1. The first-order valence-corrected chi connectivity index (χ1v) is 9.37. The monoisotopic (exact) mass is 517 g/mol. The number of hydrogen-bond donors (Lipinski definition) is 1. The van der Waals surface area contributed by atoms with Crippen molar-refractivity contribution in [2.24, 2.45) is 0 Å². The van der Waals surface area contributed by atoms with Gasteiger partial charge in [-0.15, -0.1) is 0 Å². The van der Waals surface area contributed by atoms with Crippen LogP contribution in [0.25, 0.3) is 17.1 Å². The minimum Gasteiger partial charge on any atom is -0.477 e. The maximum absolute atomic E-state index is 13.2. The number of hydrogen-bond acceptors (Lipinski definition) is 3. The zero-order chi connectivity index (χ0) is 23.8. The molecule has 2 aromatic heterocycles. The summed E-state index contributed by atoms with van der Waals surface area (Å²) in [7, 11) is 0. The van der Waals surface area contributed by atoms with Crippen LogP contribution in [0.4, 0.5) is 26.3 Å². The van der Waals surface area contributed by atoms with Crippen LogP contribution >= 0.6 is 15.9 Å². The maximum atomic E-state index is 13.2. The van der Waals surface area contributed by atoms with Crippen LogP contribution < -0.4 is 0 Å². The van der Waals surface area contributed by atoms with Crippen molar-refractivity contribution < 1.29 is 36.2 Å². The summed E-state index contributed by atoms with van der Waals surface area (Å²) in [4.78, 5) is 15.3. The van der Waals surface area contributed by atoms with E-state index in [0.29, 0.717) is 22.0 Å². The lowest BCUT2D eigenvalue weighted by Crippen LogP contribution is -2.12. The number of halogens is 7. The average Bonchev–Trinajstić information content (AvgIpc) is 3.02. The van der Waals surface area contributed by atoms with E-state index in [1.807, 2.05) is 0 Å². The van der Waals surface area contributed by atoms with Crippen molar-refractivity contribution in [2.45, 2.75) is 18.9 Å². The summed E-state index contributed by atoms with van der Waals surface area (Å²) in [5.74, 6) is -1.50. The second-order valence-electron chi connectivity index (χ2n) is 6.59. The first kappa shape index (κ1) is 23.3. The van der Waals surface area contributed by atoms with Crippen LogP contribution in [-0.4, -0.2) is 20.6 Å². The van der Waals surface area contributed by atoms with Crippen molar-refractivity contribution in [3.63, 3.8) is 0 Å². The minimum atomic E-state index is -4.99. The summed E-state index contributed by atoms with van der Waals surface area (Å²) in [5, 5.41) is 18.4. The van der Waals surface area contributed by atoms with E-state index in [-0.39, 0.29) is 22.8 Å². The van der Waals surface area contributed by atoms with Crippen LogP contribution in [0.5, 0.6) is 0 Å². The largest absolute Gasteiger partial charge is 0.477 e. The van der Waals surface area contributed by atoms with E-state index >= 15 is 0 Å². The first-order chi connectivity index (χ1) is 14.8. The van der Waals surface area contributed by atoms with Crippen molar-refractivity contribution in [2.75, 3.05) is 0 Å². The van der Waals surface area contributed by atoms with Gasteiger partial charge in [0.15, 0.2) is 0 Å². The van der Waals surface area contributed by atoms with Crippen LogP contribution in [-0.2, 0) is 23.7 Å². The number of nitrogens with zero attached hydrogens (tertiary/aromatic N) is 3. The molecule has 0 radical (unpaired) electrons. The summed E-state index contributed by atoms with van der Waals surface area (Å²) in [5.41, 5.74) is -3.45. The molecule has 3 aromatic rings. The number of alkyl halides is 6. The second kappa shape index (κ2) is 8.31. The Balaban J connectivity index is 2.20. The Bertz CT molecular complexity index is 1250. The van der Waals surface area contributed by atoms with Crippen molar-refractivity contribution in [3.05, 3.63) is 69.0 Å². The van der Waals surface area contributed by atoms with Gasteiger partial charge in [0, 0.05) is 34.4 Å². The third-order valence-corrected chi connectivity index (χ3v) is 5.05. The van der Waals surface area contributed by atoms with Gasteiger partial charge >= 0.3 is 18.3 Å². The standard InChI is InChI=1S/C20H10BrF6N3O2/c21-15-1-2-29-17-16(15)12(5-11(7-28)18(31)32)9-30(17)8-10-3-13(19(22,23)24)6-14(4-10)20(25,26)27/h1-6,9H,8H2,(H,31,32). The van der Waals surface area contributed by atoms with Crippen molar-refractivity contribution in [3.8, 4) is 6.07 Å². The molecule has 0 unspecified atom stereocenters. The lowest BCUT2D eigenvalue weighted by atomic mass is 10.0. The fourth-order valence-electron chi connectivity index (χ4n) is 3.04. The highest BCUT2D eigenvalue weighted by Gasteiger charge is 2.37. The highest BCUT2D eigenvalue weighted by molar-refractivity contribution is 9.10. The Labute approximate surface area is 184 Å². The molecule has 0 atom stereocenters. The second-order valence-corrected chi connectivity index (χ2v) is 7.45. The highest BCUT2D eigenvalue weighted by atomic mass is 79.9. The molecule has 166 valence electrons. The van der Waals surface area contributed by atoms with Gasteiger partial charge in [-0.05, 0) is 51.8 Å². The number of carbonyl (C=O) groups is 1. The van der Waals surface area contributed by atoms with Gasteiger partial charge in [-0.2, -0.15) is 31.6 Å². The summed E-state index contributed by atoms with van der Waals surface area (Å²) in [6.45, 7) is -0.421. The van der Waals surface area contributed by atoms with Crippen LogP contribution in [0.15, 0.2) is 46.7 Å². The van der Waals surface area contributed by atoms with Gasteiger partial charge in [-0.1, -0.05) is 0 Å². The van der Waals surface area contributed by atoms with Crippen molar-refractivity contribution >= 4 is 39.0 Å². The quantitative estimate of drug-likeness (QED) is 0.266. The molecule has 0 saturated heterocycles. The molecule has 2 heterocycles. The smallest absolute Gasteiger partial charge is 0.416 e. The van der Waals surface area contributed by atoms with E-state index in [1.54, 1.807) is 0 Å². The van der Waals surface area contributed by atoms with Gasteiger partial charge in [0.05, 0.1) is 11.1 Å². The topological polar surface area (TPSA) is 78.9 Å². The number of aromatic nitrogens is 2. The van der Waals surface area contributed by atoms with Gasteiger partial charge in [-0.3, -0.25) is 0 Å². The van der Waals surface area contributed by atoms with E-state index in [4.69, 9.17) is 10.4 Å².